The molecule has 102 valence electrons. The molecule has 2 heterocycles. The Morgan fingerprint density at radius 2 is 1.79 bits per heavy atom. The average molecular weight is 264 g/mol. The molecule has 19 heavy (non-hydrogen) atoms. The van der Waals surface area contributed by atoms with E-state index in [4.69, 9.17) is 0 Å². The molecule has 3 rings (SSSR count). The SMILES string of the molecule is Cn1c(=O)c2c(n(C)c1=O)=NC1(CCCCC1)[N+]=2[O-]. The fraction of sp³-hybridized carbons (Fsp3) is 0.667. The van der Waals surface area contributed by atoms with Crippen LogP contribution in [0.3, 0.4) is 0 Å². The van der Waals surface area contributed by atoms with E-state index in [2.05, 4.69) is 4.99 Å². The Morgan fingerprint density at radius 1 is 1.16 bits per heavy atom. The highest BCUT2D eigenvalue weighted by Crippen LogP contribution is 2.31. The lowest BCUT2D eigenvalue weighted by Gasteiger charge is -2.28. The molecule has 1 aliphatic carbocycles. The zero-order chi connectivity index (χ0) is 13.8. The average Bonchev–Trinajstić information content (AvgIpc) is 2.69. The van der Waals surface area contributed by atoms with Crippen LogP contribution in [0.15, 0.2) is 14.6 Å². The van der Waals surface area contributed by atoms with Crippen molar-refractivity contribution in [2.24, 2.45) is 19.1 Å². The number of aromatic nitrogens is 2. The highest BCUT2D eigenvalue weighted by molar-refractivity contribution is 5.04. The Labute approximate surface area is 108 Å². The van der Waals surface area contributed by atoms with Crippen molar-refractivity contribution >= 4 is 0 Å². The Balaban J connectivity index is 2.45. The Hall–Kier alpha value is -1.92. The fourth-order valence-electron chi connectivity index (χ4n) is 3.01. The zero-order valence-electron chi connectivity index (χ0n) is 11.0. The van der Waals surface area contributed by atoms with Gasteiger partial charge in [0.25, 0.3) is 5.66 Å². The van der Waals surface area contributed by atoms with Crippen molar-refractivity contribution in [2.45, 2.75) is 37.8 Å². The maximum atomic E-state index is 12.5. The molecule has 0 atom stereocenters. The van der Waals surface area contributed by atoms with Gasteiger partial charge in [-0.05, 0) is 12.8 Å². The molecule has 1 aromatic rings. The molecule has 0 radical (unpaired) electrons. The summed E-state index contributed by atoms with van der Waals surface area (Å²) >= 11 is 0. The molecule has 0 bridgehead atoms. The highest BCUT2D eigenvalue weighted by Gasteiger charge is 2.44. The Morgan fingerprint density at radius 3 is 2.42 bits per heavy atom. The number of hydroxylamine groups is 1. The predicted molar refractivity (Wildman–Crippen MR) is 68.1 cm³/mol. The van der Waals surface area contributed by atoms with E-state index in [1.54, 1.807) is 7.05 Å². The third-order valence-electron chi connectivity index (χ3n) is 4.16. The van der Waals surface area contributed by atoms with Gasteiger partial charge in [-0.2, -0.15) is 9.73 Å². The smallest absolute Gasteiger partial charge is 0.332 e. The molecule has 1 spiro atoms. The van der Waals surface area contributed by atoms with Crippen LogP contribution in [-0.4, -0.2) is 14.8 Å². The molecule has 0 unspecified atom stereocenters. The van der Waals surface area contributed by atoms with Crippen molar-refractivity contribution in [3.05, 3.63) is 36.9 Å². The number of hydrogen-bond acceptors (Lipinski definition) is 4. The summed E-state index contributed by atoms with van der Waals surface area (Å²) in [6, 6.07) is 0. The van der Waals surface area contributed by atoms with E-state index in [0.29, 0.717) is 12.8 Å². The van der Waals surface area contributed by atoms with Gasteiger partial charge >= 0.3 is 16.6 Å². The molecule has 0 N–H and O–H groups in total. The summed E-state index contributed by atoms with van der Waals surface area (Å²) in [6.45, 7) is 0. The zero-order valence-corrected chi connectivity index (χ0v) is 11.0. The maximum absolute atomic E-state index is 12.5. The second-order valence-electron chi connectivity index (χ2n) is 5.33. The summed E-state index contributed by atoms with van der Waals surface area (Å²) in [4.78, 5) is 28.4. The summed E-state index contributed by atoms with van der Waals surface area (Å²) in [6.07, 6.45) is 4.21. The molecule has 1 aromatic heterocycles. The lowest BCUT2D eigenvalue weighted by molar-refractivity contribution is 0.240. The molecule has 0 amide bonds. The first-order valence-electron chi connectivity index (χ1n) is 6.48. The molecule has 1 aliphatic heterocycles. The molecule has 1 fully saturated rings. The largest absolute Gasteiger partial charge is 0.621 e. The first-order valence-corrected chi connectivity index (χ1v) is 6.48. The summed E-state index contributed by atoms with van der Waals surface area (Å²) in [5.74, 6) is 0. The van der Waals surface area contributed by atoms with Crippen LogP contribution in [0.1, 0.15) is 32.1 Å². The Kier molecular flexibility index (Phi) is 2.42. The van der Waals surface area contributed by atoms with Gasteiger partial charge in [0.05, 0.1) is 0 Å². The van der Waals surface area contributed by atoms with Crippen molar-refractivity contribution in [3.63, 3.8) is 0 Å². The van der Waals surface area contributed by atoms with Crippen LogP contribution in [0.5, 0.6) is 0 Å². The predicted octanol–water partition coefficient (Wildman–Crippen LogP) is -1.63. The first-order chi connectivity index (χ1) is 8.98. The second kappa shape index (κ2) is 3.79. The molecular weight excluding hydrogens is 248 g/mol. The number of hydrogen-bond donors (Lipinski definition) is 0. The van der Waals surface area contributed by atoms with E-state index >= 15 is 0 Å². The van der Waals surface area contributed by atoms with Crippen molar-refractivity contribution in [2.75, 3.05) is 0 Å². The minimum atomic E-state index is -0.863. The van der Waals surface area contributed by atoms with Crippen LogP contribution >= 0.6 is 0 Å². The molecule has 0 aromatic carbocycles. The number of rotatable bonds is 0. The van der Waals surface area contributed by atoms with Gasteiger partial charge in [0.1, 0.15) is 0 Å². The minimum absolute atomic E-state index is 0.00602. The third-order valence-corrected chi connectivity index (χ3v) is 4.16. The van der Waals surface area contributed by atoms with Crippen LogP contribution in [-0.2, 0) is 14.1 Å². The molecule has 1 saturated carbocycles. The second-order valence-corrected chi connectivity index (χ2v) is 5.33. The summed E-state index contributed by atoms with van der Waals surface area (Å²) in [5, 5.41) is 12.5. The van der Waals surface area contributed by atoms with Crippen LogP contribution in [0.25, 0.3) is 0 Å². The normalized spacial score (nSPS) is 20.4. The van der Waals surface area contributed by atoms with E-state index in [9.17, 15) is 14.8 Å². The summed E-state index contributed by atoms with van der Waals surface area (Å²) < 4.78 is 2.98. The lowest BCUT2D eigenvalue weighted by atomic mass is 9.90. The van der Waals surface area contributed by atoms with Gasteiger partial charge in [-0.25, -0.2) is 4.79 Å². The topological polar surface area (TPSA) is 82.4 Å². The van der Waals surface area contributed by atoms with Crippen molar-refractivity contribution in [3.8, 4) is 0 Å². The van der Waals surface area contributed by atoms with Gasteiger partial charge in [0.2, 0.25) is 5.49 Å². The van der Waals surface area contributed by atoms with E-state index in [0.717, 1.165) is 28.6 Å². The van der Waals surface area contributed by atoms with E-state index < -0.39 is 16.9 Å². The number of fused-ring (bicyclic) bond motifs is 1. The van der Waals surface area contributed by atoms with Crippen molar-refractivity contribution < 1.29 is 0 Å². The highest BCUT2D eigenvalue weighted by atomic mass is 16.5. The van der Waals surface area contributed by atoms with Crippen LogP contribution in [0, 0.1) is 5.21 Å². The van der Waals surface area contributed by atoms with E-state index in [1.807, 2.05) is 0 Å². The van der Waals surface area contributed by atoms with Gasteiger partial charge < -0.3 is 5.21 Å². The fourth-order valence-corrected chi connectivity index (χ4v) is 3.01. The van der Waals surface area contributed by atoms with Crippen LogP contribution in [0.2, 0.25) is 0 Å². The molecule has 7 nitrogen and oxygen atoms in total. The number of nitrogens with zero attached hydrogens (tertiary/aromatic N) is 4. The third kappa shape index (κ3) is 1.44. The molecule has 7 heteroatoms. The van der Waals surface area contributed by atoms with Gasteiger partial charge in [0, 0.05) is 26.9 Å². The molecule has 0 saturated heterocycles. The Bertz CT molecular complexity index is 781. The van der Waals surface area contributed by atoms with Crippen molar-refractivity contribution in [1.82, 2.24) is 13.9 Å². The molecule has 2 aliphatic rings. The van der Waals surface area contributed by atoms with Gasteiger partial charge in [-0.1, -0.05) is 6.42 Å². The maximum Gasteiger partial charge on any atom is 0.332 e. The molecular formula is C12H16N4O3. The summed E-state index contributed by atoms with van der Waals surface area (Å²) in [7, 11) is 2.92. The van der Waals surface area contributed by atoms with Crippen molar-refractivity contribution in [1.29, 1.82) is 0 Å². The van der Waals surface area contributed by atoms with Crippen LogP contribution < -0.4 is 26.8 Å². The van der Waals surface area contributed by atoms with E-state index in [-0.39, 0.29) is 10.8 Å². The lowest BCUT2D eigenvalue weighted by Crippen LogP contribution is -2.59. The quantitative estimate of drug-likeness (QED) is 0.416. The van der Waals surface area contributed by atoms with E-state index in [1.165, 1.54) is 11.6 Å². The van der Waals surface area contributed by atoms with Gasteiger partial charge in [-0.3, -0.25) is 13.9 Å². The summed E-state index contributed by atoms with van der Waals surface area (Å²) in [5.41, 5.74) is -1.64. The van der Waals surface area contributed by atoms with Crippen LogP contribution in [0.4, 0.5) is 0 Å². The van der Waals surface area contributed by atoms with Gasteiger partial charge in [0.15, 0.2) is 0 Å². The standard InChI is InChI=1S/C12H16N4O3/c1-14-9-8(10(17)15(2)11(14)18)16(19)12(13-9)6-4-3-5-7-12/h3-7H2,1-2H3. The monoisotopic (exact) mass is 264 g/mol. The minimum Gasteiger partial charge on any atom is -0.621 e. The van der Waals surface area contributed by atoms with Gasteiger partial charge in [-0.15, -0.1) is 0 Å². The first kappa shape index (κ1) is 12.1.